The first-order chi connectivity index (χ1) is 22.6. The zero-order chi connectivity index (χ0) is 34.2. The number of halogens is 1. The predicted octanol–water partition coefficient (Wildman–Crippen LogP) is 6.45. The second kappa shape index (κ2) is 20.7. The molecule has 1 aromatic rings. The molecule has 10 nitrogen and oxygen atoms in total. The Hall–Kier alpha value is -2.56. The highest BCUT2D eigenvalue weighted by Gasteiger charge is 2.35. The monoisotopic (exact) mass is 678 g/mol. The SMILES string of the molecule is CCCCNC(=O)C(CC(O)C(CC1CCCCC1)NC(=O)N1CCCC(C(OCCNC(=O)OC)c2cccc(Cl)c2)C1)C(C)C. The fourth-order valence-corrected chi connectivity index (χ4v) is 7.21. The molecule has 5 atom stereocenters. The van der Waals surface area contributed by atoms with E-state index in [0.29, 0.717) is 43.4 Å². The maximum absolute atomic E-state index is 13.9. The molecule has 4 amide bonds. The second-order valence-corrected chi connectivity index (χ2v) is 14.1. The molecule has 1 saturated heterocycles. The molecule has 5 unspecified atom stereocenters. The van der Waals surface area contributed by atoms with Gasteiger partial charge in [0.15, 0.2) is 0 Å². The lowest BCUT2D eigenvalue weighted by molar-refractivity contribution is -0.127. The number of rotatable bonds is 17. The Balaban J connectivity index is 1.72. The number of carbonyl (C=O) groups is 3. The fraction of sp³-hybridized carbons (Fsp3) is 0.750. The Morgan fingerprint density at radius 3 is 2.51 bits per heavy atom. The fourth-order valence-electron chi connectivity index (χ4n) is 7.01. The molecule has 11 heteroatoms. The van der Waals surface area contributed by atoms with E-state index in [2.05, 4.69) is 27.6 Å². The molecule has 4 N–H and O–H groups in total. The summed E-state index contributed by atoms with van der Waals surface area (Å²) in [7, 11) is 1.32. The zero-order valence-electron chi connectivity index (χ0n) is 29.0. The van der Waals surface area contributed by atoms with E-state index in [1.165, 1.54) is 26.4 Å². The number of aliphatic hydroxyl groups excluding tert-OH is 1. The molecule has 0 radical (unpaired) electrons. The van der Waals surface area contributed by atoms with E-state index in [-0.39, 0.29) is 48.9 Å². The smallest absolute Gasteiger partial charge is 0.406 e. The number of aliphatic hydroxyl groups is 1. The van der Waals surface area contributed by atoms with E-state index < -0.39 is 18.2 Å². The van der Waals surface area contributed by atoms with Crippen LogP contribution in [0.1, 0.15) is 103 Å². The second-order valence-electron chi connectivity index (χ2n) is 13.7. The number of alkyl carbamates (subject to hydrolysis) is 1. The number of unbranched alkanes of at least 4 members (excludes halogenated alkanes) is 1. The summed E-state index contributed by atoms with van der Waals surface area (Å²) in [5, 5.41) is 21.2. The molecule has 266 valence electrons. The Labute approximate surface area is 287 Å². The average molecular weight is 679 g/mol. The standard InChI is InChI=1S/C36H59ClN4O6/c1-5-6-17-38-34(43)30(25(2)3)23-32(42)31(21-26-12-8-7-9-13-26)40-35(44)41-19-11-15-28(24-41)33(27-14-10-16-29(37)22-27)47-20-18-39-36(45)46-4/h10,14,16,22,25-26,28,30-33,42H,5-9,11-13,15,17-21,23-24H2,1-4H3,(H,38,43)(H,39,45)(H,40,44). The van der Waals surface area contributed by atoms with Crippen LogP contribution >= 0.6 is 11.6 Å². The van der Waals surface area contributed by atoms with E-state index in [4.69, 9.17) is 16.3 Å². The number of hydrogen-bond donors (Lipinski definition) is 4. The van der Waals surface area contributed by atoms with Gasteiger partial charge in [0.2, 0.25) is 5.91 Å². The van der Waals surface area contributed by atoms with Gasteiger partial charge < -0.3 is 35.4 Å². The van der Waals surface area contributed by atoms with E-state index >= 15 is 0 Å². The first kappa shape index (κ1) is 38.9. The number of methoxy groups -OCH3 is 1. The molecular weight excluding hydrogens is 620 g/mol. The number of carbonyl (C=O) groups excluding carboxylic acids is 3. The van der Waals surface area contributed by atoms with Crippen molar-refractivity contribution in [2.24, 2.45) is 23.7 Å². The number of amides is 4. The summed E-state index contributed by atoms with van der Waals surface area (Å²) in [5.41, 5.74) is 0.922. The highest BCUT2D eigenvalue weighted by molar-refractivity contribution is 6.30. The third kappa shape index (κ3) is 13.1. The Kier molecular flexibility index (Phi) is 17.1. The molecule has 1 aliphatic heterocycles. The van der Waals surface area contributed by atoms with E-state index in [1.807, 2.05) is 43.0 Å². The van der Waals surface area contributed by atoms with Gasteiger partial charge in [-0.3, -0.25) is 4.79 Å². The molecule has 1 aliphatic carbocycles. The van der Waals surface area contributed by atoms with Crippen LogP contribution in [-0.2, 0) is 14.3 Å². The van der Waals surface area contributed by atoms with Crippen molar-refractivity contribution in [3.63, 3.8) is 0 Å². The molecule has 0 aromatic heterocycles. The van der Waals surface area contributed by atoms with Crippen molar-refractivity contribution < 1.29 is 29.0 Å². The molecule has 47 heavy (non-hydrogen) atoms. The van der Waals surface area contributed by atoms with Crippen LogP contribution < -0.4 is 16.0 Å². The minimum Gasteiger partial charge on any atom is -0.453 e. The van der Waals surface area contributed by atoms with Crippen molar-refractivity contribution in [2.45, 2.75) is 110 Å². The number of ether oxygens (including phenoxy) is 2. The van der Waals surface area contributed by atoms with Gasteiger partial charge in [0.05, 0.1) is 32.0 Å². The van der Waals surface area contributed by atoms with Crippen molar-refractivity contribution in [1.82, 2.24) is 20.9 Å². The largest absolute Gasteiger partial charge is 0.453 e. The quantitative estimate of drug-likeness (QED) is 0.140. The van der Waals surface area contributed by atoms with Gasteiger partial charge in [-0.1, -0.05) is 83.0 Å². The molecule has 0 spiro atoms. The summed E-state index contributed by atoms with van der Waals surface area (Å²) in [6.07, 6.45) is 8.68. The lowest BCUT2D eigenvalue weighted by Gasteiger charge is -2.39. The van der Waals surface area contributed by atoms with Crippen LogP contribution in [0.3, 0.4) is 0 Å². The van der Waals surface area contributed by atoms with Crippen molar-refractivity contribution in [2.75, 3.05) is 39.9 Å². The molecule has 1 heterocycles. The highest BCUT2D eigenvalue weighted by atomic mass is 35.5. The maximum atomic E-state index is 13.9. The van der Waals surface area contributed by atoms with Crippen LogP contribution in [0.15, 0.2) is 24.3 Å². The normalized spacial score (nSPS) is 19.8. The van der Waals surface area contributed by atoms with Crippen LogP contribution in [-0.4, -0.2) is 80.1 Å². The lowest BCUT2D eigenvalue weighted by Crippen LogP contribution is -2.53. The number of hydrogen-bond acceptors (Lipinski definition) is 6. The third-order valence-electron chi connectivity index (χ3n) is 9.76. The summed E-state index contributed by atoms with van der Waals surface area (Å²) in [5.74, 6) is 0.142. The molecule has 1 aromatic carbocycles. The summed E-state index contributed by atoms with van der Waals surface area (Å²) >= 11 is 6.35. The maximum Gasteiger partial charge on any atom is 0.406 e. The van der Waals surface area contributed by atoms with Crippen LogP contribution in [0.4, 0.5) is 9.59 Å². The molecule has 0 bridgehead atoms. The lowest BCUT2D eigenvalue weighted by atomic mass is 9.81. The van der Waals surface area contributed by atoms with Gasteiger partial charge >= 0.3 is 12.1 Å². The Morgan fingerprint density at radius 1 is 1.06 bits per heavy atom. The van der Waals surface area contributed by atoms with Gasteiger partial charge in [-0.15, -0.1) is 0 Å². The summed E-state index contributed by atoms with van der Waals surface area (Å²) in [6.45, 7) is 8.41. The van der Waals surface area contributed by atoms with Gasteiger partial charge in [0, 0.05) is 43.0 Å². The van der Waals surface area contributed by atoms with Crippen LogP contribution in [0, 0.1) is 23.7 Å². The topological polar surface area (TPSA) is 129 Å². The summed E-state index contributed by atoms with van der Waals surface area (Å²) in [4.78, 5) is 40.4. The van der Waals surface area contributed by atoms with Gasteiger partial charge in [-0.05, 0) is 61.6 Å². The van der Waals surface area contributed by atoms with Crippen molar-refractivity contribution in [1.29, 1.82) is 0 Å². The Morgan fingerprint density at radius 2 is 1.83 bits per heavy atom. The van der Waals surface area contributed by atoms with E-state index in [9.17, 15) is 19.5 Å². The zero-order valence-corrected chi connectivity index (χ0v) is 29.7. The van der Waals surface area contributed by atoms with Gasteiger partial charge in [0.25, 0.3) is 0 Å². The first-order valence-electron chi connectivity index (χ1n) is 17.8. The van der Waals surface area contributed by atoms with Gasteiger partial charge in [-0.25, -0.2) is 9.59 Å². The molecule has 1 saturated carbocycles. The van der Waals surface area contributed by atoms with E-state index in [1.54, 1.807) is 0 Å². The first-order valence-corrected chi connectivity index (χ1v) is 18.2. The van der Waals surface area contributed by atoms with Gasteiger partial charge in [-0.2, -0.15) is 0 Å². The van der Waals surface area contributed by atoms with Crippen molar-refractivity contribution in [3.8, 4) is 0 Å². The molecular formula is C36H59ClN4O6. The average Bonchev–Trinajstić information content (AvgIpc) is 3.07. The number of piperidine rings is 1. The summed E-state index contributed by atoms with van der Waals surface area (Å²) < 4.78 is 11.0. The number of nitrogens with one attached hydrogen (secondary N) is 3. The van der Waals surface area contributed by atoms with Crippen molar-refractivity contribution >= 4 is 29.6 Å². The number of likely N-dealkylation sites (tertiary alicyclic amines) is 1. The van der Waals surface area contributed by atoms with E-state index in [0.717, 1.165) is 44.1 Å². The van der Waals surface area contributed by atoms with Crippen molar-refractivity contribution in [3.05, 3.63) is 34.9 Å². The predicted molar refractivity (Wildman–Crippen MR) is 185 cm³/mol. The molecule has 2 aliphatic rings. The number of urea groups is 1. The number of benzene rings is 1. The Bertz CT molecular complexity index is 1100. The number of nitrogens with zero attached hydrogens (tertiary/aromatic N) is 1. The van der Waals surface area contributed by atoms with Crippen LogP contribution in [0.25, 0.3) is 0 Å². The van der Waals surface area contributed by atoms with Crippen LogP contribution in [0.5, 0.6) is 0 Å². The highest BCUT2D eigenvalue weighted by Crippen LogP contribution is 2.35. The summed E-state index contributed by atoms with van der Waals surface area (Å²) in [6, 6.07) is 6.93. The minimum absolute atomic E-state index is 0.00458. The van der Waals surface area contributed by atoms with Crippen LogP contribution in [0.2, 0.25) is 5.02 Å². The molecule has 3 rings (SSSR count). The minimum atomic E-state index is -0.837. The third-order valence-corrected chi connectivity index (χ3v) is 9.99. The van der Waals surface area contributed by atoms with Gasteiger partial charge in [0.1, 0.15) is 0 Å². The molecule has 2 fully saturated rings.